The maximum absolute atomic E-state index is 12.8. The van der Waals surface area contributed by atoms with Gasteiger partial charge in [-0.1, -0.05) is 54.6 Å². The molecule has 0 atom stereocenters. The number of benzene rings is 2. The standard InChI is InChI=1S/C29H28N2O5/c1-19-24(17-21-11-5-6-12-23(21)20-9-3-2-4-10-20)31-15-14-22(36-16-8-7-13-26(32)33)18-25(31)27(19)28(34)29(30)35/h2-6,9-12,14-15,18H,7-8,13,16-17H2,1H3,(H2,30,35)(H,32,33). The Morgan fingerprint density at radius 1 is 0.972 bits per heavy atom. The van der Waals surface area contributed by atoms with Crippen molar-refractivity contribution in [2.75, 3.05) is 6.61 Å². The van der Waals surface area contributed by atoms with E-state index in [1.54, 1.807) is 12.1 Å². The summed E-state index contributed by atoms with van der Waals surface area (Å²) in [5.74, 6) is -2.06. The molecule has 0 aliphatic heterocycles. The number of ketones is 1. The number of Topliss-reactive ketones (excluding diaryl/α,β-unsaturated/α-hetero) is 1. The van der Waals surface area contributed by atoms with Crippen LogP contribution in [0, 0.1) is 6.92 Å². The van der Waals surface area contributed by atoms with Crippen LogP contribution in [0.3, 0.4) is 0 Å². The Kier molecular flexibility index (Phi) is 7.49. The van der Waals surface area contributed by atoms with Gasteiger partial charge in [-0.2, -0.15) is 0 Å². The average Bonchev–Trinajstić information content (AvgIpc) is 3.14. The molecule has 2 aromatic heterocycles. The van der Waals surface area contributed by atoms with Crippen LogP contribution in [0.2, 0.25) is 0 Å². The number of nitrogens with zero attached hydrogens (tertiary/aromatic N) is 1. The predicted molar refractivity (Wildman–Crippen MR) is 137 cm³/mol. The number of aliphatic carboxylic acids is 1. The molecular formula is C29H28N2O5. The Morgan fingerprint density at radius 2 is 1.69 bits per heavy atom. The van der Waals surface area contributed by atoms with E-state index in [0.29, 0.717) is 42.7 Å². The first kappa shape index (κ1) is 24.7. The van der Waals surface area contributed by atoms with Crippen LogP contribution in [0.4, 0.5) is 0 Å². The van der Waals surface area contributed by atoms with Gasteiger partial charge < -0.3 is 20.0 Å². The summed E-state index contributed by atoms with van der Waals surface area (Å²) in [7, 11) is 0. The van der Waals surface area contributed by atoms with Crippen molar-refractivity contribution in [2.45, 2.75) is 32.6 Å². The number of unbranched alkanes of at least 4 members (excludes halogenated alkanes) is 1. The van der Waals surface area contributed by atoms with Gasteiger partial charge in [-0.05, 0) is 48.1 Å². The number of pyridine rings is 1. The highest BCUT2D eigenvalue weighted by Crippen LogP contribution is 2.31. The van der Waals surface area contributed by atoms with Crippen LogP contribution in [0.15, 0.2) is 72.9 Å². The normalized spacial score (nSPS) is 10.9. The zero-order valence-electron chi connectivity index (χ0n) is 20.1. The molecule has 4 aromatic rings. The van der Waals surface area contributed by atoms with Gasteiger partial charge in [-0.15, -0.1) is 0 Å². The molecule has 0 aliphatic rings. The number of carbonyl (C=O) groups excluding carboxylic acids is 2. The minimum absolute atomic E-state index is 0.0887. The maximum Gasteiger partial charge on any atom is 0.303 e. The third-order valence-corrected chi connectivity index (χ3v) is 6.25. The van der Waals surface area contributed by atoms with E-state index in [9.17, 15) is 14.4 Å². The molecule has 2 aromatic carbocycles. The zero-order chi connectivity index (χ0) is 25.7. The molecule has 0 bridgehead atoms. The Morgan fingerprint density at radius 3 is 2.42 bits per heavy atom. The smallest absolute Gasteiger partial charge is 0.303 e. The fourth-order valence-electron chi connectivity index (χ4n) is 4.47. The monoisotopic (exact) mass is 484 g/mol. The molecule has 0 aliphatic carbocycles. The first-order valence-electron chi connectivity index (χ1n) is 11.8. The van der Waals surface area contributed by atoms with Gasteiger partial charge in [0.05, 0.1) is 17.7 Å². The number of carboxylic acids is 1. The number of carbonyl (C=O) groups is 3. The van der Waals surface area contributed by atoms with Gasteiger partial charge in [0, 0.05) is 30.8 Å². The first-order chi connectivity index (χ1) is 17.4. The number of hydrogen-bond acceptors (Lipinski definition) is 4. The van der Waals surface area contributed by atoms with Crippen molar-refractivity contribution in [3.05, 3.63) is 95.3 Å². The molecule has 1 amide bonds. The van der Waals surface area contributed by atoms with Gasteiger partial charge in [0.1, 0.15) is 5.75 Å². The van der Waals surface area contributed by atoms with Crippen molar-refractivity contribution in [3.8, 4) is 16.9 Å². The van der Waals surface area contributed by atoms with Crippen molar-refractivity contribution in [3.63, 3.8) is 0 Å². The maximum atomic E-state index is 12.8. The number of hydrogen-bond donors (Lipinski definition) is 2. The van der Waals surface area contributed by atoms with Crippen LogP contribution in [0.1, 0.15) is 46.4 Å². The van der Waals surface area contributed by atoms with Crippen LogP contribution in [0.25, 0.3) is 16.6 Å². The number of amides is 1. The molecule has 0 spiro atoms. The minimum Gasteiger partial charge on any atom is -0.493 e. The third kappa shape index (κ3) is 5.30. The number of nitrogens with two attached hydrogens (primary N) is 1. The fraction of sp³-hybridized carbons (Fsp3) is 0.207. The molecule has 0 fully saturated rings. The highest BCUT2D eigenvalue weighted by atomic mass is 16.5. The van der Waals surface area contributed by atoms with Gasteiger partial charge in [0.15, 0.2) is 0 Å². The summed E-state index contributed by atoms with van der Waals surface area (Å²) in [4.78, 5) is 35.4. The van der Waals surface area contributed by atoms with E-state index in [1.165, 1.54) is 0 Å². The lowest BCUT2D eigenvalue weighted by Gasteiger charge is -2.12. The molecule has 0 unspecified atom stereocenters. The highest BCUT2D eigenvalue weighted by Gasteiger charge is 2.25. The summed E-state index contributed by atoms with van der Waals surface area (Å²) < 4.78 is 7.71. The quantitative estimate of drug-likeness (QED) is 0.180. The van der Waals surface area contributed by atoms with Crippen molar-refractivity contribution >= 4 is 23.2 Å². The van der Waals surface area contributed by atoms with Crippen LogP contribution < -0.4 is 10.5 Å². The average molecular weight is 485 g/mol. The molecule has 7 nitrogen and oxygen atoms in total. The van der Waals surface area contributed by atoms with Gasteiger partial charge in [-0.3, -0.25) is 14.4 Å². The molecule has 3 N–H and O–H groups in total. The van der Waals surface area contributed by atoms with Crippen molar-refractivity contribution in [1.29, 1.82) is 0 Å². The van der Waals surface area contributed by atoms with Crippen molar-refractivity contribution in [1.82, 2.24) is 4.40 Å². The molecule has 36 heavy (non-hydrogen) atoms. The Labute approximate surface area is 209 Å². The number of ether oxygens (including phenoxy) is 1. The SMILES string of the molecule is Cc1c(C(=O)C(N)=O)c2cc(OCCCCC(=O)O)ccn2c1Cc1ccccc1-c1ccccc1. The number of rotatable bonds is 11. The van der Waals surface area contributed by atoms with Crippen LogP contribution in [-0.4, -0.2) is 33.8 Å². The molecule has 0 saturated carbocycles. The summed E-state index contributed by atoms with van der Waals surface area (Å²) in [6.45, 7) is 2.18. The van der Waals surface area contributed by atoms with E-state index in [-0.39, 0.29) is 12.0 Å². The van der Waals surface area contributed by atoms with Gasteiger partial charge in [0.25, 0.3) is 11.7 Å². The van der Waals surface area contributed by atoms with E-state index in [0.717, 1.165) is 22.4 Å². The van der Waals surface area contributed by atoms with E-state index < -0.39 is 17.7 Å². The van der Waals surface area contributed by atoms with Gasteiger partial charge >= 0.3 is 5.97 Å². The van der Waals surface area contributed by atoms with E-state index in [4.69, 9.17) is 15.6 Å². The molecular weight excluding hydrogens is 456 g/mol. The van der Waals surface area contributed by atoms with Crippen molar-refractivity contribution < 1.29 is 24.2 Å². The Balaban J connectivity index is 1.72. The highest BCUT2D eigenvalue weighted by molar-refractivity contribution is 6.44. The molecule has 2 heterocycles. The van der Waals surface area contributed by atoms with Crippen molar-refractivity contribution in [2.24, 2.45) is 5.73 Å². The third-order valence-electron chi connectivity index (χ3n) is 6.25. The molecule has 184 valence electrons. The minimum atomic E-state index is -1.01. The molecule has 0 saturated heterocycles. The summed E-state index contributed by atoms with van der Waals surface area (Å²) in [5, 5.41) is 8.78. The Hall–Kier alpha value is -4.39. The topological polar surface area (TPSA) is 111 Å². The largest absolute Gasteiger partial charge is 0.493 e. The van der Waals surface area contributed by atoms with E-state index in [2.05, 4.69) is 24.3 Å². The zero-order valence-corrected chi connectivity index (χ0v) is 20.1. The fourth-order valence-corrected chi connectivity index (χ4v) is 4.47. The number of fused-ring (bicyclic) bond motifs is 1. The van der Waals surface area contributed by atoms with Crippen LogP contribution >= 0.6 is 0 Å². The summed E-state index contributed by atoms with van der Waals surface area (Å²) in [6.07, 6.45) is 3.56. The molecule has 0 radical (unpaired) electrons. The molecule has 4 rings (SSSR count). The summed E-state index contributed by atoms with van der Waals surface area (Å²) >= 11 is 0. The van der Waals surface area contributed by atoms with Crippen LogP contribution in [-0.2, 0) is 16.0 Å². The first-order valence-corrected chi connectivity index (χ1v) is 11.8. The van der Waals surface area contributed by atoms with E-state index in [1.807, 2.05) is 47.9 Å². The summed E-state index contributed by atoms with van der Waals surface area (Å²) in [5.41, 5.74) is 11.1. The lowest BCUT2D eigenvalue weighted by Crippen LogP contribution is -2.23. The number of carboxylic acid groups (broad SMARTS) is 1. The molecule has 7 heteroatoms. The van der Waals surface area contributed by atoms with Gasteiger partial charge in [0.2, 0.25) is 0 Å². The lowest BCUT2D eigenvalue weighted by molar-refractivity contribution is -0.137. The Bertz CT molecular complexity index is 1420. The second-order valence-corrected chi connectivity index (χ2v) is 8.66. The number of aromatic nitrogens is 1. The van der Waals surface area contributed by atoms with Gasteiger partial charge in [-0.25, -0.2) is 0 Å². The second-order valence-electron chi connectivity index (χ2n) is 8.66. The second kappa shape index (κ2) is 10.9. The van der Waals surface area contributed by atoms with E-state index >= 15 is 0 Å². The summed E-state index contributed by atoms with van der Waals surface area (Å²) in [6, 6.07) is 21.7. The van der Waals surface area contributed by atoms with Crippen LogP contribution in [0.5, 0.6) is 5.75 Å². The number of primary amides is 1. The lowest BCUT2D eigenvalue weighted by atomic mass is 9.95. The predicted octanol–water partition coefficient (Wildman–Crippen LogP) is 4.81.